The third-order valence-corrected chi connectivity index (χ3v) is 4.68. The standard InChI is InChI=1S/C19H27N5O/c1-14-17(15(2)24(21-14)19(3,4)5)18(25)23-12-10-22(11-13-23)16-8-6-7-9-20-16/h6-9H,10-13H2,1-5H3. The highest BCUT2D eigenvalue weighted by molar-refractivity contribution is 5.96. The molecule has 6 heteroatoms. The Labute approximate surface area is 149 Å². The summed E-state index contributed by atoms with van der Waals surface area (Å²) in [5.74, 6) is 1.06. The van der Waals surface area contributed by atoms with Crippen molar-refractivity contribution in [3.05, 3.63) is 41.3 Å². The maximum absolute atomic E-state index is 13.1. The van der Waals surface area contributed by atoms with E-state index in [1.54, 1.807) is 6.20 Å². The summed E-state index contributed by atoms with van der Waals surface area (Å²) in [6.07, 6.45) is 1.81. The molecule has 0 radical (unpaired) electrons. The zero-order valence-corrected chi connectivity index (χ0v) is 15.8. The van der Waals surface area contributed by atoms with Crippen LogP contribution < -0.4 is 4.90 Å². The maximum Gasteiger partial charge on any atom is 0.257 e. The molecule has 6 nitrogen and oxygen atoms in total. The van der Waals surface area contributed by atoms with Gasteiger partial charge in [-0.25, -0.2) is 4.98 Å². The first-order valence-corrected chi connectivity index (χ1v) is 8.81. The molecule has 0 aromatic carbocycles. The van der Waals surface area contributed by atoms with Gasteiger partial charge in [0.15, 0.2) is 0 Å². The van der Waals surface area contributed by atoms with Crippen LogP contribution in [0, 0.1) is 13.8 Å². The van der Waals surface area contributed by atoms with Crippen LogP contribution >= 0.6 is 0 Å². The number of carbonyl (C=O) groups excluding carboxylic acids is 1. The number of rotatable bonds is 2. The van der Waals surface area contributed by atoms with Gasteiger partial charge in [-0.1, -0.05) is 6.07 Å². The van der Waals surface area contributed by atoms with E-state index < -0.39 is 0 Å². The van der Waals surface area contributed by atoms with Crippen LogP contribution in [0.1, 0.15) is 42.5 Å². The molecule has 0 atom stereocenters. The van der Waals surface area contributed by atoms with Crippen molar-refractivity contribution in [2.45, 2.75) is 40.2 Å². The van der Waals surface area contributed by atoms with Crippen molar-refractivity contribution >= 4 is 11.7 Å². The SMILES string of the molecule is Cc1nn(C(C)(C)C)c(C)c1C(=O)N1CCN(c2ccccn2)CC1. The van der Waals surface area contributed by atoms with Gasteiger partial charge in [0, 0.05) is 38.1 Å². The van der Waals surface area contributed by atoms with Crippen molar-refractivity contribution in [2.24, 2.45) is 0 Å². The first-order chi connectivity index (χ1) is 11.8. The van der Waals surface area contributed by atoms with Gasteiger partial charge in [-0.3, -0.25) is 9.48 Å². The van der Waals surface area contributed by atoms with Crippen molar-refractivity contribution in [3.8, 4) is 0 Å². The highest BCUT2D eigenvalue weighted by Crippen LogP contribution is 2.23. The zero-order valence-electron chi connectivity index (χ0n) is 15.8. The molecule has 1 aliphatic rings. The fourth-order valence-corrected chi connectivity index (χ4v) is 3.44. The maximum atomic E-state index is 13.1. The quantitative estimate of drug-likeness (QED) is 0.842. The molecule has 0 spiro atoms. The largest absolute Gasteiger partial charge is 0.353 e. The predicted octanol–water partition coefficient (Wildman–Crippen LogP) is 2.61. The molecule has 25 heavy (non-hydrogen) atoms. The Morgan fingerprint density at radius 1 is 1.08 bits per heavy atom. The molecule has 2 aromatic heterocycles. The Morgan fingerprint density at radius 2 is 1.76 bits per heavy atom. The third-order valence-electron chi connectivity index (χ3n) is 4.68. The number of pyridine rings is 1. The van der Waals surface area contributed by atoms with Crippen LogP contribution in [0.2, 0.25) is 0 Å². The lowest BCUT2D eigenvalue weighted by Gasteiger charge is -2.35. The number of hydrogen-bond acceptors (Lipinski definition) is 4. The number of aryl methyl sites for hydroxylation is 1. The lowest BCUT2D eigenvalue weighted by Crippen LogP contribution is -2.49. The summed E-state index contributed by atoms with van der Waals surface area (Å²) in [6, 6.07) is 5.92. The number of carbonyl (C=O) groups is 1. The van der Waals surface area contributed by atoms with E-state index in [-0.39, 0.29) is 11.4 Å². The third kappa shape index (κ3) is 3.38. The van der Waals surface area contributed by atoms with E-state index in [1.807, 2.05) is 41.6 Å². The summed E-state index contributed by atoms with van der Waals surface area (Å²) in [4.78, 5) is 21.6. The number of nitrogens with zero attached hydrogens (tertiary/aromatic N) is 5. The zero-order chi connectivity index (χ0) is 18.2. The minimum atomic E-state index is -0.134. The Kier molecular flexibility index (Phi) is 4.54. The van der Waals surface area contributed by atoms with E-state index in [1.165, 1.54) is 0 Å². The predicted molar refractivity (Wildman–Crippen MR) is 99.1 cm³/mol. The molecule has 1 amide bonds. The number of hydrogen-bond donors (Lipinski definition) is 0. The lowest BCUT2D eigenvalue weighted by atomic mass is 10.1. The fraction of sp³-hybridized carbons (Fsp3) is 0.526. The van der Waals surface area contributed by atoms with E-state index in [4.69, 9.17) is 0 Å². The molecule has 1 fully saturated rings. The normalized spacial score (nSPS) is 15.6. The molecule has 0 unspecified atom stereocenters. The molecule has 3 rings (SSSR count). The van der Waals surface area contributed by atoms with E-state index in [0.29, 0.717) is 13.1 Å². The summed E-state index contributed by atoms with van der Waals surface area (Å²) in [5.41, 5.74) is 2.37. The minimum absolute atomic E-state index is 0.0890. The van der Waals surface area contributed by atoms with Crippen LogP contribution in [-0.2, 0) is 5.54 Å². The first kappa shape index (κ1) is 17.5. The van der Waals surface area contributed by atoms with Crippen molar-refractivity contribution in [3.63, 3.8) is 0 Å². The Hall–Kier alpha value is -2.37. The lowest BCUT2D eigenvalue weighted by molar-refractivity contribution is 0.0745. The Morgan fingerprint density at radius 3 is 2.28 bits per heavy atom. The number of amides is 1. The van der Waals surface area contributed by atoms with Crippen LogP contribution in [0.5, 0.6) is 0 Å². The molecular formula is C19H27N5O. The molecule has 1 aliphatic heterocycles. The second kappa shape index (κ2) is 6.50. The number of piperazine rings is 1. The van der Waals surface area contributed by atoms with Gasteiger partial charge < -0.3 is 9.80 Å². The molecule has 0 saturated carbocycles. The highest BCUT2D eigenvalue weighted by Gasteiger charge is 2.29. The average molecular weight is 341 g/mol. The average Bonchev–Trinajstić information content (AvgIpc) is 2.90. The van der Waals surface area contributed by atoms with Crippen LogP contribution in [0.15, 0.2) is 24.4 Å². The van der Waals surface area contributed by atoms with Gasteiger partial charge >= 0.3 is 0 Å². The summed E-state index contributed by atoms with van der Waals surface area (Å²) >= 11 is 0. The van der Waals surface area contributed by atoms with Gasteiger partial charge in [-0.15, -0.1) is 0 Å². The van der Waals surface area contributed by atoms with Crippen LogP contribution in [0.3, 0.4) is 0 Å². The van der Waals surface area contributed by atoms with Crippen molar-refractivity contribution < 1.29 is 4.79 Å². The van der Waals surface area contributed by atoms with Crippen molar-refractivity contribution in [2.75, 3.05) is 31.1 Å². The van der Waals surface area contributed by atoms with Crippen LogP contribution in [-0.4, -0.2) is 51.8 Å². The van der Waals surface area contributed by atoms with E-state index in [0.717, 1.165) is 35.9 Å². The van der Waals surface area contributed by atoms with Gasteiger partial charge in [0.25, 0.3) is 5.91 Å². The van der Waals surface area contributed by atoms with E-state index in [2.05, 4.69) is 35.8 Å². The molecule has 2 aromatic rings. The summed E-state index contributed by atoms with van der Waals surface area (Å²) < 4.78 is 1.96. The Balaban J connectivity index is 1.74. The molecular weight excluding hydrogens is 314 g/mol. The first-order valence-electron chi connectivity index (χ1n) is 8.81. The molecule has 134 valence electrons. The topological polar surface area (TPSA) is 54.3 Å². The Bertz CT molecular complexity index is 752. The second-order valence-electron chi connectivity index (χ2n) is 7.60. The summed E-state index contributed by atoms with van der Waals surface area (Å²) in [5, 5.41) is 4.61. The van der Waals surface area contributed by atoms with Gasteiger partial charge in [0.05, 0.1) is 16.8 Å². The second-order valence-corrected chi connectivity index (χ2v) is 7.60. The molecule has 0 aliphatic carbocycles. The van der Waals surface area contributed by atoms with Crippen LogP contribution in [0.25, 0.3) is 0 Å². The molecule has 0 N–H and O–H groups in total. The number of aromatic nitrogens is 3. The monoisotopic (exact) mass is 341 g/mol. The van der Waals surface area contributed by atoms with E-state index >= 15 is 0 Å². The van der Waals surface area contributed by atoms with Gasteiger partial charge in [-0.2, -0.15) is 5.10 Å². The molecule has 3 heterocycles. The molecule has 1 saturated heterocycles. The van der Waals surface area contributed by atoms with Crippen LogP contribution in [0.4, 0.5) is 5.82 Å². The van der Waals surface area contributed by atoms with Gasteiger partial charge in [0.2, 0.25) is 0 Å². The smallest absolute Gasteiger partial charge is 0.257 e. The van der Waals surface area contributed by atoms with Gasteiger partial charge in [-0.05, 0) is 46.8 Å². The summed E-state index contributed by atoms with van der Waals surface area (Å²) in [6.45, 7) is 13.2. The summed E-state index contributed by atoms with van der Waals surface area (Å²) in [7, 11) is 0. The molecule has 0 bridgehead atoms. The van der Waals surface area contributed by atoms with Gasteiger partial charge in [0.1, 0.15) is 5.82 Å². The van der Waals surface area contributed by atoms with E-state index in [9.17, 15) is 4.79 Å². The number of anilines is 1. The highest BCUT2D eigenvalue weighted by atomic mass is 16.2. The van der Waals surface area contributed by atoms with Crippen molar-refractivity contribution in [1.82, 2.24) is 19.7 Å². The van der Waals surface area contributed by atoms with Crippen molar-refractivity contribution in [1.29, 1.82) is 0 Å². The fourth-order valence-electron chi connectivity index (χ4n) is 3.44. The minimum Gasteiger partial charge on any atom is -0.353 e.